The quantitative estimate of drug-likeness (QED) is 0.220. The molecule has 4 N–H and O–H groups in total. The van der Waals surface area contributed by atoms with Gasteiger partial charge >= 0.3 is 12.2 Å². The van der Waals surface area contributed by atoms with Gasteiger partial charge in [-0.2, -0.15) is 13.2 Å². The SMILES string of the molecule is CN1CCC(Nc2ccc(NC(=O)Nc3ccc(Oc4cc(NC(=S)C5CC5)ncn4)cc3)cc2C(F)(F)F)CC1. The number of carbonyl (C=O) groups excluding carboxylic acids is 1. The summed E-state index contributed by atoms with van der Waals surface area (Å²) < 4.78 is 47.3. The number of halogens is 3. The Kier molecular flexibility index (Phi) is 8.54. The van der Waals surface area contributed by atoms with Crippen LogP contribution in [-0.4, -0.2) is 52.1 Å². The van der Waals surface area contributed by atoms with Crippen LogP contribution < -0.4 is 26.0 Å². The number of nitrogens with zero attached hydrogens (tertiary/aromatic N) is 3. The zero-order chi connectivity index (χ0) is 29.0. The largest absolute Gasteiger partial charge is 0.439 e. The zero-order valence-corrected chi connectivity index (χ0v) is 23.1. The molecule has 13 heteroatoms. The topological polar surface area (TPSA) is 103 Å². The molecule has 0 spiro atoms. The molecule has 1 aliphatic heterocycles. The average Bonchev–Trinajstić information content (AvgIpc) is 3.78. The number of likely N-dealkylation sites (tertiary alicyclic amines) is 1. The summed E-state index contributed by atoms with van der Waals surface area (Å²) in [5.41, 5.74) is -0.372. The molecular formula is C28H30F3N7O2S. The number of hydrogen-bond acceptors (Lipinski definition) is 7. The summed E-state index contributed by atoms with van der Waals surface area (Å²) in [6.07, 6.45) is 0.459. The van der Waals surface area contributed by atoms with Gasteiger partial charge in [0.05, 0.1) is 10.6 Å². The summed E-state index contributed by atoms with van der Waals surface area (Å²) in [7, 11) is 1.99. The smallest absolute Gasteiger partial charge is 0.418 e. The van der Waals surface area contributed by atoms with Crippen LogP contribution >= 0.6 is 12.2 Å². The average molecular weight is 586 g/mol. The van der Waals surface area contributed by atoms with Crippen molar-refractivity contribution in [1.82, 2.24) is 14.9 Å². The number of hydrogen-bond donors (Lipinski definition) is 4. The molecule has 0 atom stereocenters. The Morgan fingerprint density at radius 1 is 0.951 bits per heavy atom. The van der Waals surface area contributed by atoms with Crippen LogP contribution in [0.25, 0.3) is 0 Å². The highest BCUT2D eigenvalue weighted by Crippen LogP contribution is 2.37. The van der Waals surface area contributed by atoms with E-state index in [1.54, 1.807) is 30.3 Å². The Bertz CT molecular complexity index is 1390. The van der Waals surface area contributed by atoms with E-state index in [1.807, 2.05) is 7.05 Å². The van der Waals surface area contributed by atoms with Crippen LogP contribution in [0.2, 0.25) is 0 Å². The number of aromatic nitrogens is 2. The number of piperidine rings is 1. The molecule has 41 heavy (non-hydrogen) atoms. The Labute approximate surface area is 240 Å². The van der Waals surface area contributed by atoms with Crippen LogP contribution in [0.3, 0.4) is 0 Å². The first kappa shape index (κ1) is 28.6. The molecule has 3 aromatic rings. The molecule has 1 aromatic heterocycles. The summed E-state index contributed by atoms with van der Waals surface area (Å²) in [4.78, 5) is 23.7. The minimum atomic E-state index is -4.58. The fraction of sp³-hybridized carbons (Fsp3) is 0.357. The number of amides is 2. The van der Waals surface area contributed by atoms with Crippen molar-refractivity contribution in [2.45, 2.75) is 37.9 Å². The Morgan fingerprint density at radius 3 is 2.32 bits per heavy atom. The second-order valence-corrected chi connectivity index (χ2v) is 10.6. The molecule has 9 nitrogen and oxygen atoms in total. The summed E-state index contributed by atoms with van der Waals surface area (Å²) in [5.74, 6) is 1.72. The predicted molar refractivity (Wildman–Crippen MR) is 156 cm³/mol. The summed E-state index contributed by atoms with van der Waals surface area (Å²) in [5, 5.41) is 11.2. The molecule has 0 radical (unpaired) electrons. The normalized spacial score (nSPS) is 16.1. The number of benzene rings is 2. The van der Waals surface area contributed by atoms with E-state index in [1.165, 1.54) is 18.5 Å². The van der Waals surface area contributed by atoms with Gasteiger partial charge in [0, 0.05) is 35.1 Å². The number of anilines is 4. The minimum absolute atomic E-state index is 0.00538. The molecule has 2 heterocycles. The molecule has 1 saturated carbocycles. The maximum atomic E-state index is 13.8. The van der Waals surface area contributed by atoms with Crippen molar-refractivity contribution in [2.24, 2.45) is 5.92 Å². The lowest BCUT2D eigenvalue weighted by Gasteiger charge is -2.31. The van der Waals surface area contributed by atoms with E-state index >= 15 is 0 Å². The fourth-order valence-electron chi connectivity index (χ4n) is 4.41. The molecule has 0 unspecified atom stereocenters. The first-order valence-electron chi connectivity index (χ1n) is 13.3. The van der Waals surface area contributed by atoms with Crippen LogP contribution in [0, 0.1) is 5.92 Å². The van der Waals surface area contributed by atoms with Gasteiger partial charge in [-0.3, -0.25) is 0 Å². The van der Waals surface area contributed by atoms with Crippen molar-refractivity contribution in [1.29, 1.82) is 0 Å². The second-order valence-electron chi connectivity index (χ2n) is 10.2. The summed E-state index contributed by atoms with van der Waals surface area (Å²) in [6.45, 7) is 1.64. The van der Waals surface area contributed by atoms with Gasteiger partial charge in [0.25, 0.3) is 0 Å². The van der Waals surface area contributed by atoms with E-state index in [2.05, 4.69) is 36.1 Å². The van der Waals surface area contributed by atoms with Crippen LogP contribution in [0.5, 0.6) is 11.6 Å². The predicted octanol–water partition coefficient (Wildman–Crippen LogP) is 6.59. The lowest BCUT2D eigenvalue weighted by Crippen LogP contribution is -2.37. The third-order valence-corrected chi connectivity index (χ3v) is 7.27. The van der Waals surface area contributed by atoms with E-state index in [0.717, 1.165) is 49.8 Å². The fourth-order valence-corrected chi connectivity index (χ4v) is 4.75. The third kappa shape index (κ3) is 8.04. The standard InChI is InChI=1S/C28H30F3N7O2S/c1-38-12-10-19(11-13-38)34-23-9-6-20(14-22(23)28(29,30)31)36-27(39)35-18-4-7-21(8-5-18)40-25-15-24(32-16-33-25)37-26(41)17-2-3-17/h4-9,14-17,19,34H,2-3,10-13H2,1H3,(H2,35,36,39)(H,32,33,37,41). The highest BCUT2D eigenvalue weighted by molar-refractivity contribution is 7.80. The molecule has 2 fully saturated rings. The maximum Gasteiger partial charge on any atom is 0.418 e. The van der Waals surface area contributed by atoms with E-state index in [4.69, 9.17) is 17.0 Å². The van der Waals surface area contributed by atoms with Crippen molar-refractivity contribution in [3.05, 3.63) is 60.4 Å². The third-order valence-electron chi connectivity index (χ3n) is 6.84. The monoisotopic (exact) mass is 585 g/mol. The molecule has 2 amide bonds. The van der Waals surface area contributed by atoms with Gasteiger partial charge in [-0.05, 0) is 88.3 Å². The van der Waals surface area contributed by atoms with Crippen molar-refractivity contribution in [2.75, 3.05) is 41.4 Å². The molecule has 2 aromatic carbocycles. The minimum Gasteiger partial charge on any atom is -0.439 e. The van der Waals surface area contributed by atoms with Crippen molar-refractivity contribution in [3.63, 3.8) is 0 Å². The van der Waals surface area contributed by atoms with Gasteiger partial charge < -0.3 is 30.9 Å². The Hall–Kier alpha value is -3.97. The first-order chi connectivity index (χ1) is 19.6. The number of carbonyl (C=O) groups is 1. The van der Waals surface area contributed by atoms with Crippen molar-refractivity contribution >= 4 is 46.1 Å². The summed E-state index contributed by atoms with van der Waals surface area (Å²) >= 11 is 5.34. The second kappa shape index (κ2) is 12.3. The van der Waals surface area contributed by atoms with Crippen molar-refractivity contribution < 1.29 is 22.7 Å². The highest BCUT2D eigenvalue weighted by atomic mass is 32.1. The van der Waals surface area contributed by atoms with Crippen LogP contribution in [0.15, 0.2) is 54.9 Å². The molecule has 1 saturated heterocycles. The number of rotatable bonds is 8. The molecule has 2 aliphatic rings. The maximum absolute atomic E-state index is 13.8. The first-order valence-corrected chi connectivity index (χ1v) is 13.7. The molecule has 1 aliphatic carbocycles. The lowest BCUT2D eigenvalue weighted by atomic mass is 10.0. The van der Waals surface area contributed by atoms with Gasteiger partial charge in [-0.1, -0.05) is 12.2 Å². The molecule has 216 valence electrons. The van der Waals surface area contributed by atoms with Gasteiger partial charge in [0.15, 0.2) is 0 Å². The zero-order valence-electron chi connectivity index (χ0n) is 22.3. The van der Waals surface area contributed by atoms with E-state index < -0.39 is 17.8 Å². The van der Waals surface area contributed by atoms with E-state index in [9.17, 15) is 18.0 Å². The Morgan fingerprint density at radius 2 is 1.63 bits per heavy atom. The number of urea groups is 1. The van der Waals surface area contributed by atoms with Gasteiger partial charge in [-0.15, -0.1) is 0 Å². The van der Waals surface area contributed by atoms with Gasteiger partial charge in [0.1, 0.15) is 17.9 Å². The van der Waals surface area contributed by atoms with Gasteiger partial charge in [0.2, 0.25) is 5.88 Å². The number of thiocarbonyl (C=S) groups is 1. The lowest BCUT2D eigenvalue weighted by molar-refractivity contribution is -0.136. The Balaban J connectivity index is 1.17. The van der Waals surface area contributed by atoms with E-state index in [0.29, 0.717) is 29.1 Å². The van der Waals surface area contributed by atoms with Crippen LogP contribution in [0.1, 0.15) is 31.2 Å². The van der Waals surface area contributed by atoms with Crippen LogP contribution in [-0.2, 0) is 6.18 Å². The van der Waals surface area contributed by atoms with Gasteiger partial charge in [-0.25, -0.2) is 14.8 Å². The number of ether oxygens (including phenoxy) is 1. The summed E-state index contributed by atoms with van der Waals surface area (Å²) in [6, 6.07) is 11.1. The van der Waals surface area contributed by atoms with E-state index in [-0.39, 0.29) is 17.4 Å². The molecule has 5 rings (SSSR count). The number of nitrogens with one attached hydrogen (secondary N) is 4. The molecule has 0 bridgehead atoms. The number of alkyl halides is 3. The molecular weight excluding hydrogens is 555 g/mol. The van der Waals surface area contributed by atoms with Crippen molar-refractivity contribution in [3.8, 4) is 11.6 Å². The van der Waals surface area contributed by atoms with Crippen LogP contribution in [0.4, 0.5) is 40.8 Å². The highest BCUT2D eigenvalue weighted by Gasteiger charge is 2.35.